The fraction of sp³-hybridized carbons (Fsp3) is 0.833. The van der Waals surface area contributed by atoms with Gasteiger partial charge in [0.1, 0.15) is 0 Å². The molecule has 1 N–H and O–H groups in total. The molecule has 76 valence electrons. The van der Waals surface area contributed by atoms with Gasteiger partial charge in [-0.1, -0.05) is 12.8 Å². The SMILES string of the molecule is O=C(NS(=O)(=O)Cl)OCCC1CC1. The maximum atomic E-state index is 10.7. The first-order chi connectivity index (χ1) is 5.97. The van der Waals surface area contributed by atoms with Crippen molar-refractivity contribution in [2.45, 2.75) is 19.3 Å². The normalized spacial score (nSPS) is 16.7. The molecule has 0 spiro atoms. The van der Waals surface area contributed by atoms with Gasteiger partial charge in [0.05, 0.1) is 6.61 Å². The van der Waals surface area contributed by atoms with E-state index in [2.05, 4.69) is 4.74 Å². The van der Waals surface area contributed by atoms with Crippen molar-refractivity contribution in [2.75, 3.05) is 6.61 Å². The summed E-state index contributed by atoms with van der Waals surface area (Å²) in [5, 5.41) is 0. The summed E-state index contributed by atoms with van der Waals surface area (Å²) < 4.78 is 26.7. The number of halogens is 1. The van der Waals surface area contributed by atoms with Crippen LogP contribution < -0.4 is 4.72 Å². The highest BCUT2D eigenvalue weighted by Gasteiger charge is 2.21. The summed E-state index contributed by atoms with van der Waals surface area (Å²) in [5.41, 5.74) is 0. The number of nitrogens with one attached hydrogen (secondary N) is 1. The van der Waals surface area contributed by atoms with E-state index in [0.29, 0.717) is 5.92 Å². The molecule has 13 heavy (non-hydrogen) atoms. The quantitative estimate of drug-likeness (QED) is 0.728. The predicted molar refractivity (Wildman–Crippen MR) is 46.6 cm³/mol. The van der Waals surface area contributed by atoms with Crippen LogP contribution in [0.3, 0.4) is 0 Å². The van der Waals surface area contributed by atoms with Crippen molar-refractivity contribution in [2.24, 2.45) is 5.92 Å². The average Bonchev–Trinajstić information content (AvgIpc) is 2.66. The molecule has 1 fully saturated rings. The van der Waals surface area contributed by atoms with Crippen molar-refractivity contribution < 1.29 is 17.9 Å². The Morgan fingerprint density at radius 3 is 2.62 bits per heavy atom. The summed E-state index contributed by atoms with van der Waals surface area (Å²) in [4.78, 5) is 10.7. The van der Waals surface area contributed by atoms with Crippen LogP contribution in [0.4, 0.5) is 4.79 Å². The third kappa shape index (κ3) is 5.70. The number of rotatable bonds is 4. The molecule has 5 nitrogen and oxygen atoms in total. The summed E-state index contributed by atoms with van der Waals surface area (Å²) in [6.45, 7) is 0.239. The van der Waals surface area contributed by atoms with E-state index in [1.807, 2.05) is 0 Å². The van der Waals surface area contributed by atoms with Gasteiger partial charge >= 0.3 is 15.3 Å². The molecule has 7 heteroatoms. The van der Waals surface area contributed by atoms with Crippen LogP contribution >= 0.6 is 10.7 Å². The third-order valence-electron chi connectivity index (χ3n) is 1.66. The number of carbonyl (C=O) groups excluding carboxylic acids is 1. The maximum absolute atomic E-state index is 10.7. The van der Waals surface area contributed by atoms with Crippen molar-refractivity contribution in [1.82, 2.24) is 4.72 Å². The second-order valence-corrected chi connectivity index (χ2v) is 5.21. The molecule has 1 aliphatic rings. The lowest BCUT2D eigenvalue weighted by Crippen LogP contribution is -2.27. The second-order valence-electron chi connectivity index (χ2n) is 2.91. The highest BCUT2D eigenvalue weighted by molar-refractivity contribution is 8.12. The van der Waals surface area contributed by atoms with Gasteiger partial charge in [-0.05, 0) is 12.3 Å². The molecule has 0 heterocycles. The smallest absolute Gasteiger partial charge is 0.421 e. The molecule has 0 unspecified atom stereocenters. The maximum Gasteiger partial charge on any atom is 0.421 e. The average molecular weight is 228 g/mol. The molecular formula is C6H10ClNO4S. The molecule has 1 amide bonds. The van der Waals surface area contributed by atoms with Crippen molar-refractivity contribution in [3.8, 4) is 0 Å². The van der Waals surface area contributed by atoms with Gasteiger partial charge in [0, 0.05) is 10.7 Å². The summed E-state index contributed by atoms with van der Waals surface area (Å²) in [7, 11) is 0.731. The van der Waals surface area contributed by atoms with Crippen LogP contribution in [0.25, 0.3) is 0 Å². The number of hydrogen-bond acceptors (Lipinski definition) is 4. The molecule has 0 radical (unpaired) electrons. The predicted octanol–water partition coefficient (Wildman–Crippen LogP) is 0.996. The van der Waals surface area contributed by atoms with E-state index in [-0.39, 0.29) is 6.61 Å². The topological polar surface area (TPSA) is 72.5 Å². The van der Waals surface area contributed by atoms with Crippen molar-refractivity contribution >= 4 is 26.0 Å². The molecule has 1 rings (SSSR count). The minimum atomic E-state index is -4.01. The Hall–Kier alpha value is -0.490. The first kappa shape index (κ1) is 10.6. The van der Waals surface area contributed by atoms with Crippen LogP contribution in [0.5, 0.6) is 0 Å². The Morgan fingerprint density at radius 2 is 2.15 bits per heavy atom. The van der Waals surface area contributed by atoms with Crippen molar-refractivity contribution in [3.63, 3.8) is 0 Å². The lowest BCUT2D eigenvalue weighted by atomic mass is 10.3. The molecule has 0 aromatic carbocycles. The van der Waals surface area contributed by atoms with Gasteiger partial charge in [0.2, 0.25) is 0 Å². The Labute approximate surface area is 81.0 Å². The van der Waals surface area contributed by atoms with Gasteiger partial charge in [-0.15, -0.1) is 0 Å². The molecule has 0 aromatic rings. The minimum Gasteiger partial charge on any atom is -0.449 e. The van der Waals surface area contributed by atoms with Gasteiger partial charge < -0.3 is 4.74 Å². The Morgan fingerprint density at radius 1 is 1.54 bits per heavy atom. The first-order valence-corrected chi connectivity index (χ1v) is 6.17. The molecule has 0 saturated heterocycles. The Bertz CT molecular complexity index is 285. The van der Waals surface area contributed by atoms with Crippen LogP contribution in [0, 0.1) is 5.92 Å². The summed E-state index contributed by atoms with van der Waals surface area (Å²) >= 11 is 0. The Kier molecular flexibility index (Phi) is 3.38. The van der Waals surface area contributed by atoms with Crippen LogP contribution in [0.2, 0.25) is 0 Å². The zero-order valence-corrected chi connectivity index (χ0v) is 8.40. The number of carbonyl (C=O) groups is 1. The van der Waals surface area contributed by atoms with Crippen LogP contribution in [0.1, 0.15) is 19.3 Å². The zero-order chi connectivity index (χ0) is 9.90. The minimum absolute atomic E-state index is 0.239. The van der Waals surface area contributed by atoms with Gasteiger partial charge in [-0.3, -0.25) is 0 Å². The number of amides is 1. The van der Waals surface area contributed by atoms with E-state index in [0.717, 1.165) is 6.42 Å². The van der Waals surface area contributed by atoms with Crippen LogP contribution in [-0.4, -0.2) is 21.1 Å². The lowest BCUT2D eigenvalue weighted by Gasteiger charge is -2.02. The Balaban J connectivity index is 2.09. The van der Waals surface area contributed by atoms with E-state index in [1.165, 1.54) is 17.6 Å². The summed E-state index contributed by atoms with van der Waals surface area (Å²) in [6, 6.07) is 0. The third-order valence-corrected chi connectivity index (χ3v) is 2.30. The highest BCUT2D eigenvalue weighted by atomic mass is 35.7. The van der Waals surface area contributed by atoms with Gasteiger partial charge in [0.15, 0.2) is 0 Å². The largest absolute Gasteiger partial charge is 0.449 e. The zero-order valence-electron chi connectivity index (χ0n) is 6.82. The van der Waals surface area contributed by atoms with E-state index in [9.17, 15) is 13.2 Å². The van der Waals surface area contributed by atoms with E-state index in [4.69, 9.17) is 10.7 Å². The number of ether oxygens (including phenoxy) is 1. The summed E-state index contributed by atoms with van der Waals surface area (Å²) in [6.07, 6.45) is 2.10. The highest BCUT2D eigenvalue weighted by Crippen LogP contribution is 2.32. The molecule has 0 atom stereocenters. The van der Waals surface area contributed by atoms with Gasteiger partial charge in [0.25, 0.3) is 0 Å². The number of hydrogen-bond donors (Lipinski definition) is 1. The fourth-order valence-corrected chi connectivity index (χ4v) is 1.30. The fourth-order valence-electron chi connectivity index (χ4n) is 0.854. The van der Waals surface area contributed by atoms with Crippen LogP contribution in [-0.2, 0) is 14.0 Å². The van der Waals surface area contributed by atoms with Crippen molar-refractivity contribution in [3.05, 3.63) is 0 Å². The molecule has 0 aliphatic heterocycles. The van der Waals surface area contributed by atoms with Crippen LogP contribution in [0.15, 0.2) is 0 Å². The summed E-state index contributed by atoms with van der Waals surface area (Å²) in [5.74, 6) is 0.639. The molecular weight excluding hydrogens is 218 g/mol. The van der Waals surface area contributed by atoms with Gasteiger partial charge in [-0.2, -0.15) is 8.42 Å². The van der Waals surface area contributed by atoms with Crippen molar-refractivity contribution in [1.29, 1.82) is 0 Å². The van der Waals surface area contributed by atoms with Gasteiger partial charge in [-0.25, -0.2) is 9.52 Å². The van der Waals surface area contributed by atoms with E-state index < -0.39 is 15.3 Å². The lowest BCUT2D eigenvalue weighted by molar-refractivity contribution is 0.149. The molecule has 0 bridgehead atoms. The monoisotopic (exact) mass is 227 g/mol. The first-order valence-electron chi connectivity index (χ1n) is 3.86. The second kappa shape index (κ2) is 4.15. The van der Waals surface area contributed by atoms with E-state index in [1.54, 1.807) is 0 Å². The van der Waals surface area contributed by atoms with E-state index >= 15 is 0 Å². The molecule has 0 aromatic heterocycles. The molecule has 1 saturated carbocycles. The molecule has 1 aliphatic carbocycles. The standard InChI is InChI=1S/C6H10ClNO4S/c7-13(10,11)8-6(9)12-4-3-5-1-2-5/h5H,1-4H2,(H,8,9).